The molecule has 0 aliphatic carbocycles. The number of carbonyl (C=O) groups is 1. The predicted molar refractivity (Wildman–Crippen MR) is 81.1 cm³/mol. The van der Waals surface area contributed by atoms with E-state index in [-0.39, 0.29) is 18.1 Å². The van der Waals surface area contributed by atoms with Gasteiger partial charge in [-0.1, -0.05) is 0 Å². The number of amides is 1. The fraction of sp³-hybridized carbons (Fsp3) is 0.417. The maximum atomic E-state index is 12.0. The summed E-state index contributed by atoms with van der Waals surface area (Å²) in [6.45, 7) is 4.45. The molecule has 1 amide bonds. The molecule has 0 saturated heterocycles. The van der Waals surface area contributed by atoms with Gasteiger partial charge in [0.2, 0.25) is 5.91 Å². The van der Waals surface area contributed by atoms with Crippen molar-refractivity contribution in [3.63, 3.8) is 0 Å². The molecule has 0 spiro atoms. The van der Waals surface area contributed by atoms with Crippen molar-refractivity contribution in [2.75, 3.05) is 0 Å². The molecule has 1 N–H and O–H groups in total. The third-order valence-electron chi connectivity index (χ3n) is 3.22. The van der Waals surface area contributed by atoms with Gasteiger partial charge in [-0.3, -0.25) is 24.3 Å². The van der Waals surface area contributed by atoms with E-state index in [0.29, 0.717) is 18.8 Å². The summed E-state index contributed by atoms with van der Waals surface area (Å²) in [5.74, 6) is -0.281. The van der Waals surface area contributed by atoms with Crippen LogP contribution in [0.25, 0.3) is 0 Å². The molecule has 0 unspecified atom stereocenters. The average Bonchev–Trinajstić information content (AvgIpc) is 3.00. The molecule has 2 aromatic rings. The first-order valence-electron chi connectivity index (χ1n) is 6.57. The minimum Gasteiger partial charge on any atom is -0.349 e. The predicted octanol–water partition coefficient (Wildman–Crippen LogP) is 1.40. The first-order valence-corrected chi connectivity index (χ1v) is 7.37. The van der Waals surface area contributed by atoms with E-state index in [2.05, 4.69) is 31.4 Å². The molecular weight excluding hydrogens is 356 g/mol. The van der Waals surface area contributed by atoms with Crippen LogP contribution in [-0.2, 0) is 24.4 Å². The fourth-order valence-corrected chi connectivity index (χ4v) is 2.42. The number of nitro groups is 1. The Morgan fingerprint density at radius 2 is 2.09 bits per heavy atom. The topological polar surface area (TPSA) is 108 Å². The van der Waals surface area contributed by atoms with Crippen LogP contribution in [0.4, 0.5) is 5.69 Å². The molecule has 0 aliphatic rings. The SMILES string of the molecule is CCn1ncc(Br)c1CNC(=O)Cn1ncc([N+](=O)[O-])c1C. The van der Waals surface area contributed by atoms with Crippen LogP contribution >= 0.6 is 15.9 Å². The number of aromatic nitrogens is 4. The molecule has 2 aromatic heterocycles. The molecule has 2 rings (SSSR count). The van der Waals surface area contributed by atoms with Crippen LogP contribution in [-0.4, -0.2) is 30.4 Å². The number of nitrogens with one attached hydrogen (secondary N) is 1. The van der Waals surface area contributed by atoms with Gasteiger partial charge in [-0.15, -0.1) is 0 Å². The highest BCUT2D eigenvalue weighted by atomic mass is 79.9. The molecule has 10 heteroatoms. The van der Waals surface area contributed by atoms with Crippen molar-refractivity contribution in [3.05, 3.63) is 38.4 Å². The van der Waals surface area contributed by atoms with Gasteiger partial charge in [-0.25, -0.2) is 0 Å². The highest BCUT2D eigenvalue weighted by Gasteiger charge is 2.18. The van der Waals surface area contributed by atoms with Gasteiger partial charge in [0, 0.05) is 6.54 Å². The normalized spacial score (nSPS) is 10.7. The van der Waals surface area contributed by atoms with Gasteiger partial charge in [-0.2, -0.15) is 10.2 Å². The van der Waals surface area contributed by atoms with Crippen LogP contribution in [0.1, 0.15) is 18.3 Å². The van der Waals surface area contributed by atoms with Crippen LogP contribution in [0.15, 0.2) is 16.9 Å². The summed E-state index contributed by atoms with van der Waals surface area (Å²) in [7, 11) is 0. The van der Waals surface area contributed by atoms with Gasteiger partial charge in [0.05, 0.1) is 27.8 Å². The Morgan fingerprint density at radius 1 is 1.41 bits per heavy atom. The van der Waals surface area contributed by atoms with Gasteiger partial charge in [0.25, 0.3) is 0 Å². The van der Waals surface area contributed by atoms with Crippen molar-refractivity contribution in [1.29, 1.82) is 0 Å². The zero-order valence-corrected chi connectivity index (χ0v) is 13.7. The monoisotopic (exact) mass is 370 g/mol. The molecular formula is C12H15BrN6O3. The summed E-state index contributed by atoms with van der Waals surface area (Å²) in [6, 6.07) is 0. The minimum atomic E-state index is -0.520. The molecule has 0 aromatic carbocycles. The smallest absolute Gasteiger partial charge is 0.309 e. The lowest BCUT2D eigenvalue weighted by atomic mass is 10.4. The van der Waals surface area contributed by atoms with E-state index in [9.17, 15) is 14.9 Å². The Balaban J connectivity index is 1.99. The lowest BCUT2D eigenvalue weighted by Gasteiger charge is -2.08. The summed E-state index contributed by atoms with van der Waals surface area (Å²) >= 11 is 3.38. The highest BCUT2D eigenvalue weighted by Crippen LogP contribution is 2.17. The molecule has 2 heterocycles. The summed E-state index contributed by atoms with van der Waals surface area (Å²) in [5.41, 5.74) is 1.11. The van der Waals surface area contributed by atoms with Crippen molar-refractivity contribution < 1.29 is 9.72 Å². The average molecular weight is 371 g/mol. The van der Waals surface area contributed by atoms with Gasteiger partial charge in [-0.05, 0) is 29.8 Å². The Labute approximate surface area is 134 Å². The second kappa shape index (κ2) is 6.69. The number of halogens is 1. The number of nitrogens with zero attached hydrogens (tertiary/aromatic N) is 5. The quantitative estimate of drug-likeness (QED) is 0.610. The molecule has 118 valence electrons. The zero-order valence-electron chi connectivity index (χ0n) is 12.1. The van der Waals surface area contributed by atoms with Crippen LogP contribution in [0.3, 0.4) is 0 Å². The fourth-order valence-electron chi connectivity index (χ4n) is 1.99. The molecule has 0 radical (unpaired) electrons. The summed E-state index contributed by atoms with van der Waals surface area (Å²) in [4.78, 5) is 22.2. The van der Waals surface area contributed by atoms with E-state index >= 15 is 0 Å². The molecule has 0 saturated carbocycles. The van der Waals surface area contributed by atoms with E-state index in [0.717, 1.165) is 16.4 Å². The van der Waals surface area contributed by atoms with Crippen LogP contribution in [0, 0.1) is 17.0 Å². The Hall–Kier alpha value is -2.23. The van der Waals surface area contributed by atoms with E-state index in [1.54, 1.807) is 17.8 Å². The Morgan fingerprint density at radius 3 is 2.68 bits per heavy atom. The number of aryl methyl sites for hydroxylation is 1. The van der Waals surface area contributed by atoms with Gasteiger partial charge >= 0.3 is 5.69 Å². The number of carbonyl (C=O) groups excluding carboxylic acids is 1. The second-order valence-corrected chi connectivity index (χ2v) is 5.42. The maximum absolute atomic E-state index is 12.0. The van der Waals surface area contributed by atoms with E-state index in [4.69, 9.17) is 0 Å². The van der Waals surface area contributed by atoms with Crippen molar-refractivity contribution in [3.8, 4) is 0 Å². The van der Waals surface area contributed by atoms with Crippen molar-refractivity contribution in [1.82, 2.24) is 24.9 Å². The zero-order chi connectivity index (χ0) is 16.3. The van der Waals surface area contributed by atoms with Gasteiger partial charge in [0.1, 0.15) is 18.4 Å². The number of hydrogen-bond donors (Lipinski definition) is 1. The second-order valence-electron chi connectivity index (χ2n) is 4.56. The summed E-state index contributed by atoms with van der Waals surface area (Å²) < 4.78 is 3.90. The van der Waals surface area contributed by atoms with Crippen LogP contribution in [0.5, 0.6) is 0 Å². The summed E-state index contributed by atoms with van der Waals surface area (Å²) in [5, 5.41) is 21.5. The molecule has 0 bridgehead atoms. The molecule has 0 aliphatic heterocycles. The lowest BCUT2D eigenvalue weighted by Crippen LogP contribution is -2.29. The number of hydrogen-bond acceptors (Lipinski definition) is 5. The Bertz CT molecular complexity index is 708. The number of rotatable bonds is 6. The molecule has 22 heavy (non-hydrogen) atoms. The van der Waals surface area contributed by atoms with E-state index in [1.807, 2.05) is 6.92 Å². The standard InChI is InChI=1S/C12H15BrN6O3/c1-3-17-11(9(13)4-15-17)5-14-12(20)7-18-8(2)10(6-16-18)19(21)22/h4,6H,3,5,7H2,1-2H3,(H,14,20). The van der Waals surface area contributed by atoms with Gasteiger partial charge in [0.15, 0.2) is 0 Å². The van der Waals surface area contributed by atoms with Crippen LogP contribution in [0.2, 0.25) is 0 Å². The van der Waals surface area contributed by atoms with Crippen molar-refractivity contribution in [2.45, 2.75) is 33.5 Å². The first kappa shape index (κ1) is 16.1. The molecule has 9 nitrogen and oxygen atoms in total. The molecule has 0 atom stereocenters. The Kier molecular flexibility index (Phi) is 4.91. The maximum Gasteiger partial charge on any atom is 0.309 e. The third kappa shape index (κ3) is 3.32. The van der Waals surface area contributed by atoms with Crippen molar-refractivity contribution in [2.24, 2.45) is 0 Å². The highest BCUT2D eigenvalue weighted by molar-refractivity contribution is 9.10. The van der Waals surface area contributed by atoms with Gasteiger partial charge < -0.3 is 5.32 Å². The third-order valence-corrected chi connectivity index (χ3v) is 3.88. The lowest BCUT2D eigenvalue weighted by molar-refractivity contribution is -0.385. The molecule has 0 fully saturated rings. The summed E-state index contributed by atoms with van der Waals surface area (Å²) in [6.07, 6.45) is 2.82. The largest absolute Gasteiger partial charge is 0.349 e. The van der Waals surface area contributed by atoms with Crippen molar-refractivity contribution >= 4 is 27.5 Å². The van der Waals surface area contributed by atoms with Crippen LogP contribution < -0.4 is 5.32 Å². The minimum absolute atomic E-state index is 0.0719. The van der Waals surface area contributed by atoms with E-state index in [1.165, 1.54) is 4.68 Å². The van der Waals surface area contributed by atoms with E-state index < -0.39 is 4.92 Å². The first-order chi connectivity index (χ1) is 10.4.